The van der Waals surface area contributed by atoms with E-state index in [1.807, 2.05) is 0 Å². The predicted octanol–water partition coefficient (Wildman–Crippen LogP) is 3.38. The largest absolute Gasteiger partial charge is 0.466 e. The Morgan fingerprint density at radius 3 is 2.43 bits per heavy atom. The monoisotopic (exact) mass is 332 g/mol. The molecule has 1 aromatic carbocycles. The van der Waals surface area contributed by atoms with Crippen LogP contribution < -0.4 is 0 Å². The first-order valence-corrected chi connectivity index (χ1v) is 9.23. The summed E-state index contributed by atoms with van der Waals surface area (Å²) >= 11 is 5.76. The van der Waals surface area contributed by atoms with E-state index in [0.717, 1.165) is 5.56 Å². The van der Waals surface area contributed by atoms with Crippen molar-refractivity contribution in [2.24, 2.45) is 0 Å². The second-order valence-electron chi connectivity index (χ2n) is 4.83. The van der Waals surface area contributed by atoms with Crippen molar-refractivity contribution in [3.63, 3.8) is 0 Å². The zero-order chi connectivity index (χ0) is 15.7. The lowest BCUT2D eigenvalue weighted by atomic mass is 10.2. The quantitative estimate of drug-likeness (QED) is 0.514. The second kappa shape index (κ2) is 9.05. The molecule has 6 heteroatoms. The van der Waals surface area contributed by atoms with E-state index in [-0.39, 0.29) is 17.5 Å². The van der Waals surface area contributed by atoms with E-state index in [2.05, 4.69) is 0 Å². The van der Waals surface area contributed by atoms with E-state index < -0.39 is 9.84 Å². The Morgan fingerprint density at radius 2 is 1.81 bits per heavy atom. The van der Waals surface area contributed by atoms with E-state index >= 15 is 0 Å². The average Bonchev–Trinajstić information content (AvgIpc) is 2.41. The van der Waals surface area contributed by atoms with Crippen LogP contribution >= 0.6 is 11.6 Å². The summed E-state index contributed by atoms with van der Waals surface area (Å²) in [7, 11) is -3.12. The summed E-state index contributed by atoms with van der Waals surface area (Å²) in [5.74, 6) is -0.0537. The fourth-order valence-electron chi connectivity index (χ4n) is 1.91. The third-order valence-electron chi connectivity index (χ3n) is 2.94. The highest BCUT2D eigenvalue weighted by Crippen LogP contribution is 2.13. The van der Waals surface area contributed by atoms with Crippen LogP contribution in [0, 0.1) is 0 Å². The van der Waals surface area contributed by atoms with Crippen LogP contribution in [0.15, 0.2) is 24.3 Å². The molecule has 4 nitrogen and oxygen atoms in total. The van der Waals surface area contributed by atoms with Crippen molar-refractivity contribution in [3.8, 4) is 0 Å². The number of ether oxygens (including phenoxy) is 1. The molecule has 0 saturated carbocycles. The molecule has 0 aromatic heterocycles. The molecule has 0 fully saturated rings. The summed E-state index contributed by atoms with van der Waals surface area (Å²) in [6.45, 7) is 2.15. The number of carbonyl (C=O) groups is 1. The van der Waals surface area contributed by atoms with Crippen LogP contribution in [0.3, 0.4) is 0 Å². The minimum atomic E-state index is -3.12. The molecular weight excluding hydrogens is 312 g/mol. The fraction of sp³-hybridized carbons (Fsp3) is 0.533. The molecule has 0 unspecified atom stereocenters. The molecule has 0 heterocycles. The molecule has 0 atom stereocenters. The molecular formula is C15H21ClO4S. The van der Waals surface area contributed by atoms with Crippen LogP contribution in [0.4, 0.5) is 0 Å². The van der Waals surface area contributed by atoms with E-state index in [4.69, 9.17) is 16.3 Å². The number of carbonyl (C=O) groups excluding carboxylic acids is 1. The van der Waals surface area contributed by atoms with Crippen LogP contribution in [0.5, 0.6) is 0 Å². The van der Waals surface area contributed by atoms with E-state index in [9.17, 15) is 13.2 Å². The smallest absolute Gasteiger partial charge is 0.305 e. The Balaban J connectivity index is 2.27. The number of unbranched alkanes of at least 4 members (excludes halogenated alkanes) is 2. The van der Waals surface area contributed by atoms with E-state index in [1.165, 1.54) is 0 Å². The Morgan fingerprint density at radius 1 is 1.14 bits per heavy atom. The van der Waals surface area contributed by atoms with Gasteiger partial charge in [0, 0.05) is 11.4 Å². The van der Waals surface area contributed by atoms with Gasteiger partial charge in [0.05, 0.1) is 18.1 Å². The van der Waals surface area contributed by atoms with Crippen molar-refractivity contribution >= 4 is 27.4 Å². The molecule has 0 aliphatic rings. The second-order valence-corrected chi connectivity index (χ2v) is 7.45. The standard InChI is InChI=1S/C15H21ClO4S/c1-2-20-15(17)6-4-3-5-11-21(18,19)12-13-7-9-14(16)10-8-13/h7-10H,2-6,11-12H2,1H3. The lowest BCUT2D eigenvalue weighted by molar-refractivity contribution is -0.143. The molecule has 1 rings (SSSR count). The van der Waals surface area contributed by atoms with Crippen LogP contribution in [-0.2, 0) is 25.1 Å². The number of rotatable bonds is 9. The van der Waals surface area contributed by atoms with Gasteiger partial charge in [0.2, 0.25) is 0 Å². The molecule has 0 radical (unpaired) electrons. The van der Waals surface area contributed by atoms with Crippen molar-refractivity contribution in [1.82, 2.24) is 0 Å². The zero-order valence-corrected chi connectivity index (χ0v) is 13.8. The average molecular weight is 333 g/mol. The molecule has 0 aliphatic heterocycles. The zero-order valence-electron chi connectivity index (χ0n) is 12.2. The van der Waals surface area contributed by atoms with Crippen LogP contribution in [-0.4, -0.2) is 26.7 Å². The Kier molecular flexibility index (Phi) is 7.75. The molecule has 0 bridgehead atoms. The van der Waals surface area contributed by atoms with Gasteiger partial charge in [-0.1, -0.05) is 30.2 Å². The van der Waals surface area contributed by atoms with Gasteiger partial charge < -0.3 is 4.74 Å². The predicted molar refractivity (Wildman–Crippen MR) is 84.0 cm³/mol. The molecule has 118 valence electrons. The van der Waals surface area contributed by atoms with Gasteiger partial charge in [-0.15, -0.1) is 0 Å². The molecule has 0 amide bonds. The Bertz CT molecular complexity index is 537. The molecule has 0 spiro atoms. The first-order valence-electron chi connectivity index (χ1n) is 7.03. The van der Waals surface area contributed by atoms with Gasteiger partial charge in [-0.25, -0.2) is 8.42 Å². The van der Waals surface area contributed by atoms with Crippen molar-refractivity contribution in [3.05, 3.63) is 34.9 Å². The third kappa shape index (κ3) is 8.07. The molecule has 21 heavy (non-hydrogen) atoms. The summed E-state index contributed by atoms with van der Waals surface area (Å²) in [5.41, 5.74) is 0.742. The van der Waals surface area contributed by atoms with Crippen LogP contribution in [0.25, 0.3) is 0 Å². The van der Waals surface area contributed by atoms with Gasteiger partial charge in [0.15, 0.2) is 9.84 Å². The number of halogens is 1. The highest BCUT2D eigenvalue weighted by molar-refractivity contribution is 7.90. The Hall–Kier alpha value is -1.07. The summed E-state index contributed by atoms with van der Waals surface area (Å²) in [6, 6.07) is 6.82. The van der Waals surface area contributed by atoms with E-state index in [0.29, 0.717) is 37.3 Å². The van der Waals surface area contributed by atoms with Crippen molar-refractivity contribution in [1.29, 1.82) is 0 Å². The van der Waals surface area contributed by atoms with Crippen molar-refractivity contribution in [2.75, 3.05) is 12.4 Å². The van der Waals surface area contributed by atoms with Gasteiger partial charge in [-0.05, 0) is 37.5 Å². The maximum atomic E-state index is 12.0. The number of sulfone groups is 1. The third-order valence-corrected chi connectivity index (χ3v) is 4.88. The molecule has 0 saturated heterocycles. The number of benzene rings is 1. The van der Waals surface area contributed by atoms with Gasteiger partial charge >= 0.3 is 5.97 Å². The summed E-state index contributed by atoms with van der Waals surface area (Å²) in [4.78, 5) is 11.1. The number of esters is 1. The lowest BCUT2D eigenvalue weighted by Crippen LogP contribution is -2.10. The Labute approximate surface area is 131 Å². The summed E-state index contributed by atoms with van der Waals surface area (Å²) < 4.78 is 28.7. The fourth-order valence-corrected chi connectivity index (χ4v) is 3.52. The van der Waals surface area contributed by atoms with E-state index in [1.54, 1.807) is 31.2 Å². The number of hydrogen-bond acceptors (Lipinski definition) is 4. The highest BCUT2D eigenvalue weighted by Gasteiger charge is 2.12. The van der Waals surface area contributed by atoms with Gasteiger partial charge in [-0.2, -0.15) is 0 Å². The first-order chi connectivity index (χ1) is 9.93. The molecule has 0 N–H and O–H groups in total. The normalized spacial score (nSPS) is 11.3. The van der Waals surface area contributed by atoms with Gasteiger partial charge in [0.25, 0.3) is 0 Å². The molecule has 0 aliphatic carbocycles. The topological polar surface area (TPSA) is 60.4 Å². The SMILES string of the molecule is CCOC(=O)CCCCCS(=O)(=O)Cc1ccc(Cl)cc1. The maximum absolute atomic E-state index is 12.0. The minimum absolute atomic E-state index is 0.0298. The van der Waals surface area contributed by atoms with Crippen LogP contribution in [0.2, 0.25) is 5.02 Å². The van der Waals surface area contributed by atoms with Gasteiger partial charge in [0.1, 0.15) is 0 Å². The van der Waals surface area contributed by atoms with Crippen molar-refractivity contribution in [2.45, 2.75) is 38.4 Å². The lowest BCUT2D eigenvalue weighted by Gasteiger charge is -2.05. The molecule has 1 aromatic rings. The number of hydrogen-bond donors (Lipinski definition) is 0. The maximum Gasteiger partial charge on any atom is 0.305 e. The highest BCUT2D eigenvalue weighted by atomic mass is 35.5. The first kappa shape index (κ1) is 18.0. The van der Waals surface area contributed by atoms with Crippen LogP contribution in [0.1, 0.15) is 38.2 Å². The summed E-state index contributed by atoms with van der Waals surface area (Å²) in [6.07, 6.45) is 2.29. The van der Waals surface area contributed by atoms with Crippen molar-refractivity contribution < 1.29 is 17.9 Å². The van der Waals surface area contributed by atoms with Gasteiger partial charge in [-0.3, -0.25) is 4.79 Å². The summed E-state index contributed by atoms with van der Waals surface area (Å²) in [5, 5.41) is 0.593. The minimum Gasteiger partial charge on any atom is -0.466 e.